The zero-order chi connectivity index (χ0) is 14.4. The molecule has 0 atom stereocenters. The van der Waals surface area contributed by atoms with Crippen LogP contribution in [0.2, 0.25) is 0 Å². The van der Waals surface area contributed by atoms with Gasteiger partial charge in [0.1, 0.15) is 5.78 Å². The van der Waals surface area contributed by atoms with Crippen LogP contribution in [-0.2, 0) is 30.8 Å². The third-order valence-electron chi connectivity index (χ3n) is 3.15. The fourth-order valence-electron chi connectivity index (χ4n) is 2.19. The number of rotatable bonds is 6. The van der Waals surface area contributed by atoms with Gasteiger partial charge >= 0.3 is 0 Å². The van der Waals surface area contributed by atoms with Crippen molar-refractivity contribution in [3.8, 4) is 0 Å². The standard InChI is InChI=1S/C17H18O3/c18-11-15-5-1-3-13(7-15)9-17(20)10-14-4-2-6-16(8-14)12-19/h1-8,18-19H,9-12H2. The molecule has 0 radical (unpaired) electrons. The minimum atomic E-state index is -0.0133. The number of hydrogen-bond donors (Lipinski definition) is 2. The third kappa shape index (κ3) is 4.02. The molecular weight excluding hydrogens is 252 g/mol. The molecule has 0 spiro atoms. The van der Waals surface area contributed by atoms with E-state index in [0.717, 1.165) is 22.3 Å². The molecule has 2 N–H and O–H groups in total. The van der Waals surface area contributed by atoms with Crippen molar-refractivity contribution in [2.24, 2.45) is 0 Å². The number of aliphatic hydroxyl groups excluding tert-OH is 2. The Morgan fingerprint density at radius 1 is 0.750 bits per heavy atom. The van der Waals surface area contributed by atoms with Crippen LogP contribution in [-0.4, -0.2) is 16.0 Å². The van der Waals surface area contributed by atoms with Crippen LogP contribution in [0.3, 0.4) is 0 Å². The fraction of sp³-hybridized carbons (Fsp3) is 0.235. The molecule has 0 heterocycles. The van der Waals surface area contributed by atoms with Crippen LogP contribution in [0.1, 0.15) is 22.3 Å². The van der Waals surface area contributed by atoms with Gasteiger partial charge in [0.05, 0.1) is 13.2 Å². The minimum absolute atomic E-state index is 0.0133. The van der Waals surface area contributed by atoms with E-state index in [4.69, 9.17) is 10.2 Å². The van der Waals surface area contributed by atoms with Gasteiger partial charge in [-0.2, -0.15) is 0 Å². The molecule has 0 amide bonds. The number of hydrogen-bond acceptors (Lipinski definition) is 3. The van der Waals surface area contributed by atoms with Crippen molar-refractivity contribution in [2.75, 3.05) is 0 Å². The maximum absolute atomic E-state index is 12.1. The Kier molecular flexibility index (Phi) is 5.04. The molecule has 20 heavy (non-hydrogen) atoms. The van der Waals surface area contributed by atoms with Gasteiger partial charge < -0.3 is 10.2 Å². The average Bonchev–Trinajstić information content (AvgIpc) is 2.47. The number of ketones is 1. The Labute approximate surface area is 118 Å². The van der Waals surface area contributed by atoms with E-state index in [0.29, 0.717) is 12.8 Å². The van der Waals surface area contributed by atoms with Gasteiger partial charge in [-0.1, -0.05) is 48.5 Å². The molecule has 0 aliphatic heterocycles. The fourth-order valence-corrected chi connectivity index (χ4v) is 2.19. The van der Waals surface area contributed by atoms with Crippen molar-refractivity contribution in [2.45, 2.75) is 26.1 Å². The monoisotopic (exact) mass is 270 g/mol. The summed E-state index contributed by atoms with van der Waals surface area (Å²) in [6, 6.07) is 14.8. The summed E-state index contributed by atoms with van der Waals surface area (Å²) in [5.74, 6) is 0.121. The first-order valence-corrected chi connectivity index (χ1v) is 6.60. The van der Waals surface area contributed by atoms with Crippen molar-refractivity contribution in [3.63, 3.8) is 0 Å². The van der Waals surface area contributed by atoms with Crippen molar-refractivity contribution in [1.29, 1.82) is 0 Å². The Balaban J connectivity index is 2.01. The molecule has 2 rings (SSSR count). The number of benzene rings is 2. The topological polar surface area (TPSA) is 57.5 Å². The molecule has 0 aliphatic carbocycles. The van der Waals surface area contributed by atoms with E-state index in [9.17, 15) is 4.79 Å². The first kappa shape index (κ1) is 14.4. The summed E-state index contributed by atoms with van der Waals surface area (Å²) in [7, 11) is 0. The highest BCUT2D eigenvalue weighted by atomic mass is 16.3. The van der Waals surface area contributed by atoms with Crippen molar-refractivity contribution in [3.05, 3.63) is 70.8 Å². The van der Waals surface area contributed by atoms with E-state index in [1.165, 1.54) is 0 Å². The molecular formula is C17H18O3. The van der Waals surface area contributed by atoms with Crippen LogP contribution < -0.4 is 0 Å². The van der Waals surface area contributed by atoms with Crippen molar-refractivity contribution in [1.82, 2.24) is 0 Å². The van der Waals surface area contributed by atoms with Crippen LogP contribution in [0.25, 0.3) is 0 Å². The van der Waals surface area contributed by atoms with Gasteiger partial charge in [-0.3, -0.25) is 4.79 Å². The molecule has 0 aliphatic rings. The van der Waals surface area contributed by atoms with E-state index >= 15 is 0 Å². The summed E-state index contributed by atoms with van der Waals surface area (Å²) in [6.07, 6.45) is 0.717. The van der Waals surface area contributed by atoms with Crippen LogP contribution in [0, 0.1) is 0 Å². The lowest BCUT2D eigenvalue weighted by Crippen LogP contribution is -2.07. The third-order valence-corrected chi connectivity index (χ3v) is 3.15. The zero-order valence-corrected chi connectivity index (χ0v) is 11.2. The van der Waals surface area contributed by atoms with Gasteiger partial charge in [0, 0.05) is 12.8 Å². The molecule has 0 bridgehead atoms. The first-order valence-electron chi connectivity index (χ1n) is 6.60. The van der Waals surface area contributed by atoms with E-state index < -0.39 is 0 Å². The highest BCUT2D eigenvalue weighted by Crippen LogP contribution is 2.10. The average molecular weight is 270 g/mol. The largest absolute Gasteiger partial charge is 0.392 e. The number of carbonyl (C=O) groups is 1. The van der Waals surface area contributed by atoms with Gasteiger partial charge in [-0.05, 0) is 22.3 Å². The van der Waals surface area contributed by atoms with Gasteiger partial charge in [-0.25, -0.2) is 0 Å². The van der Waals surface area contributed by atoms with Gasteiger partial charge in [0.2, 0.25) is 0 Å². The minimum Gasteiger partial charge on any atom is -0.392 e. The van der Waals surface area contributed by atoms with Gasteiger partial charge in [0.15, 0.2) is 0 Å². The zero-order valence-electron chi connectivity index (χ0n) is 11.2. The molecule has 0 unspecified atom stereocenters. The second-order valence-electron chi connectivity index (χ2n) is 4.85. The molecule has 3 heteroatoms. The lowest BCUT2D eigenvalue weighted by Gasteiger charge is -2.05. The Bertz CT molecular complexity index is 539. The number of aliphatic hydroxyl groups is 2. The predicted octanol–water partition coefficient (Wildman–Crippen LogP) is 2.03. The quantitative estimate of drug-likeness (QED) is 0.844. The summed E-state index contributed by atoms with van der Waals surface area (Å²) < 4.78 is 0. The smallest absolute Gasteiger partial charge is 0.141 e. The second-order valence-corrected chi connectivity index (χ2v) is 4.85. The number of Topliss-reactive ketones (excluding diaryl/α,β-unsaturated/α-hetero) is 1. The van der Waals surface area contributed by atoms with E-state index in [2.05, 4.69) is 0 Å². The predicted molar refractivity (Wildman–Crippen MR) is 77.1 cm³/mol. The molecule has 0 saturated heterocycles. The Morgan fingerprint density at radius 3 is 1.55 bits per heavy atom. The lowest BCUT2D eigenvalue weighted by molar-refractivity contribution is -0.117. The van der Waals surface area contributed by atoms with Gasteiger partial charge in [-0.15, -0.1) is 0 Å². The first-order chi connectivity index (χ1) is 9.71. The summed E-state index contributed by atoms with van der Waals surface area (Å²) in [4.78, 5) is 12.1. The summed E-state index contributed by atoms with van der Waals surface area (Å²) in [6.45, 7) is -0.0266. The normalized spacial score (nSPS) is 10.5. The molecule has 0 aromatic heterocycles. The molecule has 2 aromatic rings. The van der Waals surface area contributed by atoms with E-state index in [-0.39, 0.29) is 19.0 Å². The highest BCUT2D eigenvalue weighted by Gasteiger charge is 2.06. The maximum atomic E-state index is 12.1. The summed E-state index contributed by atoms with van der Waals surface area (Å²) in [5.41, 5.74) is 3.47. The Morgan fingerprint density at radius 2 is 1.15 bits per heavy atom. The van der Waals surface area contributed by atoms with E-state index in [1.54, 1.807) is 0 Å². The maximum Gasteiger partial charge on any atom is 0.141 e. The van der Waals surface area contributed by atoms with E-state index in [1.807, 2.05) is 48.5 Å². The van der Waals surface area contributed by atoms with Gasteiger partial charge in [0.25, 0.3) is 0 Å². The molecule has 104 valence electrons. The van der Waals surface area contributed by atoms with Crippen LogP contribution >= 0.6 is 0 Å². The summed E-state index contributed by atoms with van der Waals surface area (Å²) >= 11 is 0. The molecule has 0 fully saturated rings. The second kappa shape index (κ2) is 6.98. The summed E-state index contributed by atoms with van der Waals surface area (Å²) in [5, 5.41) is 18.2. The highest BCUT2D eigenvalue weighted by molar-refractivity contribution is 5.83. The number of carbonyl (C=O) groups excluding carboxylic acids is 1. The van der Waals surface area contributed by atoms with Crippen molar-refractivity contribution >= 4 is 5.78 Å². The Hall–Kier alpha value is -1.97. The van der Waals surface area contributed by atoms with Crippen molar-refractivity contribution < 1.29 is 15.0 Å². The molecule has 3 nitrogen and oxygen atoms in total. The van der Waals surface area contributed by atoms with Crippen LogP contribution in [0.15, 0.2) is 48.5 Å². The molecule has 2 aromatic carbocycles. The van der Waals surface area contributed by atoms with Crippen LogP contribution in [0.4, 0.5) is 0 Å². The molecule has 0 saturated carbocycles. The lowest BCUT2D eigenvalue weighted by atomic mass is 10.0. The SMILES string of the molecule is O=C(Cc1cccc(CO)c1)Cc1cccc(CO)c1. The van der Waals surface area contributed by atoms with Crippen LogP contribution in [0.5, 0.6) is 0 Å².